The molecule has 1 fully saturated rings. The maximum atomic E-state index is 12.8. The zero-order valence-electron chi connectivity index (χ0n) is 19.5. The molecule has 7 nitrogen and oxygen atoms in total. The Kier molecular flexibility index (Phi) is 8.76. The average Bonchev–Trinajstić information content (AvgIpc) is 2.86. The van der Waals surface area contributed by atoms with Crippen molar-refractivity contribution in [1.29, 1.82) is 0 Å². The monoisotopic (exact) mass is 442 g/mol. The van der Waals surface area contributed by atoms with Crippen LogP contribution in [0.3, 0.4) is 0 Å². The largest absolute Gasteiger partial charge is 0.497 e. The number of hydrogen-bond donors (Lipinski definition) is 1. The number of nitrogens with zero attached hydrogens (tertiary/aromatic N) is 1. The van der Waals surface area contributed by atoms with Gasteiger partial charge < -0.3 is 24.3 Å². The molecule has 1 heterocycles. The Balaban J connectivity index is 1.74. The summed E-state index contributed by atoms with van der Waals surface area (Å²) in [5.74, 6) is 2.78. The molecule has 1 unspecified atom stereocenters. The van der Waals surface area contributed by atoms with Crippen LogP contribution in [0.4, 0.5) is 0 Å². The lowest BCUT2D eigenvalue weighted by Gasteiger charge is -2.35. The second-order valence-corrected chi connectivity index (χ2v) is 7.84. The van der Waals surface area contributed by atoms with Gasteiger partial charge in [0.25, 0.3) is 0 Å². The molecule has 174 valence electrons. The number of hydrogen-bond acceptors (Lipinski definition) is 7. The van der Waals surface area contributed by atoms with Gasteiger partial charge in [-0.3, -0.25) is 9.69 Å². The Bertz CT molecular complexity index is 896. The summed E-state index contributed by atoms with van der Waals surface area (Å²) in [5.41, 5.74) is 1.66. The first-order valence-electron chi connectivity index (χ1n) is 11.0. The Morgan fingerprint density at radius 2 is 1.56 bits per heavy atom. The highest BCUT2D eigenvalue weighted by Gasteiger charge is 2.25. The van der Waals surface area contributed by atoms with Gasteiger partial charge in [-0.25, -0.2) is 0 Å². The molecule has 3 rings (SSSR count). The molecule has 0 spiro atoms. The molecule has 1 atom stereocenters. The van der Waals surface area contributed by atoms with Crippen LogP contribution < -0.4 is 24.3 Å². The SMILES string of the molecule is COc1ccc(OC)c(C(CNCC(=O)c2ccc(OC)c(OC)c2)N2CCCCC2)c1. The van der Waals surface area contributed by atoms with E-state index >= 15 is 0 Å². The molecule has 32 heavy (non-hydrogen) atoms. The van der Waals surface area contributed by atoms with E-state index in [1.165, 1.54) is 19.3 Å². The summed E-state index contributed by atoms with van der Waals surface area (Å²) in [6, 6.07) is 11.2. The molecule has 0 aromatic heterocycles. The number of ketones is 1. The highest BCUT2D eigenvalue weighted by atomic mass is 16.5. The van der Waals surface area contributed by atoms with Gasteiger partial charge in [0.1, 0.15) is 11.5 Å². The van der Waals surface area contributed by atoms with E-state index in [1.807, 2.05) is 18.2 Å². The number of Topliss-reactive ketones (excluding diaryl/α,β-unsaturated/α-hetero) is 1. The number of likely N-dealkylation sites (tertiary alicyclic amines) is 1. The van der Waals surface area contributed by atoms with Gasteiger partial charge in [-0.15, -0.1) is 0 Å². The molecular formula is C25H34N2O5. The van der Waals surface area contributed by atoms with E-state index in [1.54, 1.807) is 46.6 Å². The standard InChI is InChI=1S/C25H34N2O5/c1-29-19-9-11-23(30-2)20(15-19)21(27-12-6-5-7-13-27)16-26-17-22(28)18-8-10-24(31-3)25(14-18)32-4/h8-11,14-15,21,26H,5-7,12-13,16-17H2,1-4H3. The summed E-state index contributed by atoms with van der Waals surface area (Å²) < 4.78 is 21.7. The summed E-state index contributed by atoms with van der Waals surface area (Å²) in [6.07, 6.45) is 3.60. The number of benzene rings is 2. The van der Waals surface area contributed by atoms with Gasteiger partial charge in [0.05, 0.1) is 41.0 Å². The van der Waals surface area contributed by atoms with Gasteiger partial charge in [0.15, 0.2) is 17.3 Å². The van der Waals surface area contributed by atoms with E-state index in [9.17, 15) is 4.79 Å². The van der Waals surface area contributed by atoms with Gasteiger partial charge in [-0.2, -0.15) is 0 Å². The van der Waals surface area contributed by atoms with Crippen LogP contribution in [0.1, 0.15) is 41.2 Å². The Hall–Kier alpha value is -2.77. The number of ether oxygens (including phenoxy) is 4. The normalized spacial score (nSPS) is 15.1. The predicted molar refractivity (Wildman–Crippen MR) is 124 cm³/mol. The maximum absolute atomic E-state index is 12.8. The van der Waals surface area contributed by atoms with Crippen molar-refractivity contribution in [2.24, 2.45) is 0 Å². The number of piperidine rings is 1. The fourth-order valence-electron chi connectivity index (χ4n) is 4.20. The number of carbonyl (C=O) groups excluding carboxylic acids is 1. The molecule has 0 bridgehead atoms. The number of rotatable bonds is 11. The zero-order valence-corrected chi connectivity index (χ0v) is 19.5. The molecular weight excluding hydrogens is 408 g/mol. The smallest absolute Gasteiger partial charge is 0.176 e. The van der Waals surface area contributed by atoms with Crippen molar-refractivity contribution >= 4 is 5.78 Å². The van der Waals surface area contributed by atoms with Crippen molar-refractivity contribution in [2.45, 2.75) is 25.3 Å². The number of carbonyl (C=O) groups is 1. The second kappa shape index (κ2) is 11.7. The third kappa shape index (κ3) is 5.72. The summed E-state index contributed by atoms with van der Waals surface area (Å²) in [4.78, 5) is 15.3. The highest BCUT2D eigenvalue weighted by Crippen LogP contribution is 2.34. The molecule has 0 amide bonds. The highest BCUT2D eigenvalue weighted by molar-refractivity contribution is 5.98. The first-order valence-corrected chi connectivity index (χ1v) is 11.0. The van der Waals surface area contributed by atoms with Crippen LogP contribution >= 0.6 is 0 Å². The van der Waals surface area contributed by atoms with Crippen LogP contribution in [-0.2, 0) is 0 Å². The van der Waals surface area contributed by atoms with Gasteiger partial charge in [0.2, 0.25) is 0 Å². The Morgan fingerprint density at radius 3 is 2.22 bits per heavy atom. The van der Waals surface area contributed by atoms with E-state index in [0.717, 1.165) is 30.2 Å². The molecule has 2 aromatic carbocycles. The van der Waals surface area contributed by atoms with E-state index in [0.29, 0.717) is 23.6 Å². The van der Waals surface area contributed by atoms with Crippen LogP contribution in [0.2, 0.25) is 0 Å². The number of nitrogens with one attached hydrogen (secondary N) is 1. The molecule has 1 aliphatic rings. The summed E-state index contributed by atoms with van der Waals surface area (Å²) >= 11 is 0. The molecule has 1 aliphatic heterocycles. The molecule has 0 saturated carbocycles. The lowest BCUT2D eigenvalue weighted by Crippen LogP contribution is -2.40. The van der Waals surface area contributed by atoms with Crippen LogP contribution in [0.25, 0.3) is 0 Å². The molecule has 0 aliphatic carbocycles. The van der Waals surface area contributed by atoms with Gasteiger partial charge >= 0.3 is 0 Å². The third-order valence-electron chi connectivity index (χ3n) is 5.96. The van der Waals surface area contributed by atoms with Crippen LogP contribution in [0.5, 0.6) is 23.0 Å². The van der Waals surface area contributed by atoms with Crippen LogP contribution in [0, 0.1) is 0 Å². The molecule has 2 aromatic rings. The van der Waals surface area contributed by atoms with Crippen LogP contribution in [-0.4, -0.2) is 65.3 Å². The Labute approximate surface area is 190 Å². The summed E-state index contributed by atoms with van der Waals surface area (Å²) in [6.45, 7) is 2.90. The van der Waals surface area contributed by atoms with E-state index in [4.69, 9.17) is 18.9 Å². The van der Waals surface area contributed by atoms with E-state index < -0.39 is 0 Å². The van der Waals surface area contributed by atoms with Gasteiger partial charge in [0, 0.05) is 17.7 Å². The van der Waals surface area contributed by atoms with Crippen molar-refractivity contribution in [3.63, 3.8) is 0 Å². The topological polar surface area (TPSA) is 69.3 Å². The first-order chi connectivity index (χ1) is 15.6. The molecule has 1 saturated heterocycles. The van der Waals surface area contributed by atoms with Gasteiger partial charge in [-0.1, -0.05) is 6.42 Å². The zero-order chi connectivity index (χ0) is 22.9. The minimum Gasteiger partial charge on any atom is -0.497 e. The van der Waals surface area contributed by atoms with Crippen molar-refractivity contribution in [3.05, 3.63) is 47.5 Å². The minimum absolute atomic E-state index is 0.000884. The fourth-order valence-corrected chi connectivity index (χ4v) is 4.20. The summed E-state index contributed by atoms with van der Waals surface area (Å²) in [5, 5.41) is 3.37. The van der Waals surface area contributed by atoms with Crippen molar-refractivity contribution in [3.8, 4) is 23.0 Å². The summed E-state index contributed by atoms with van der Waals surface area (Å²) in [7, 11) is 6.50. The van der Waals surface area contributed by atoms with Crippen LogP contribution in [0.15, 0.2) is 36.4 Å². The average molecular weight is 443 g/mol. The van der Waals surface area contributed by atoms with Crippen molar-refractivity contribution < 1.29 is 23.7 Å². The molecule has 1 N–H and O–H groups in total. The lowest BCUT2D eigenvalue weighted by molar-refractivity contribution is 0.0983. The number of methoxy groups -OCH3 is 4. The molecule has 0 radical (unpaired) electrons. The third-order valence-corrected chi connectivity index (χ3v) is 5.96. The van der Waals surface area contributed by atoms with E-state index in [2.05, 4.69) is 10.2 Å². The van der Waals surface area contributed by atoms with Gasteiger partial charge in [-0.05, 0) is 62.3 Å². The quantitative estimate of drug-likeness (QED) is 0.532. The lowest BCUT2D eigenvalue weighted by atomic mass is 10.00. The van der Waals surface area contributed by atoms with Crippen molar-refractivity contribution in [2.75, 3.05) is 54.6 Å². The van der Waals surface area contributed by atoms with E-state index in [-0.39, 0.29) is 18.4 Å². The van der Waals surface area contributed by atoms with Crippen molar-refractivity contribution in [1.82, 2.24) is 10.2 Å². The second-order valence-electron chi connectivity index (χ2n) is 7.84. The maximum Gasteiger partial charge on any atom is 0.176 e. The first kappa shape index (κ1) is 23.9. The predicted octanol–water partition coefficient (Wildman–Crippen LogP) is 3.72. The Morgan fingerprint density at radius 1 is 0.875 bits per heavy atom. The minimum atomic E-state index is 0.000884. The fraction of sp³-hybridized carbons (Fsp3) is 0.480. The molecule has 7 heteroatoms.